The van der Waals surface area contributed by atoms with Gasteiger partial charge in [0.15, 0.2) is 17.5 Å². The molecule has 2 N–H and O–H groups in total. The number of sulfonamides is 1. The Balaban J connectivity index is 2.58. The average Bonchev–Trinajstić information content (AvgIpc) is 2.69. The lowest BCUT2D eigenvalue weighted by Gasteiger charge is -2.17. The van der Waals surface area contributed by atoms with Crippen molar-refractivity contribution in [2.75, 3.05) is 52.2 Å². The third kappa shape index (κ3) is 9.67. The van der Waals surface area contributed by atoms with Crippen molar-refractivity contribution >= 4 is 16.0 Å². The van der Waals surface area contributed by atoms with Crippen LogP contribution < -0.4 is 20.1 Å². The summed E-state index contributed by atoms with van der Waals surface area (Å²) in [6.07, 6.45) is 2.73. The van der Waals surface area contributed by atoms with Crippen LogP contribution in [0.15, 0.2) is 23.2 Å². The molecule has 0 heterocycles. The number of benzene rings is 1. The van der Waals surface area contributed by atoms with E-state index in [0.717, 1.165) is 42.5 Å². The summed E-state index contributed by atoms with van der Waals surface area (Å²) in [5, 5.41) is 6.55. The van der Waals surface area contributed by atoms with Crippen LogP contribution in [0.25, 0.3) is 0 Å². The van der Waals surface area contributed by atoms with Gasteiger partial charge in [0.25, 0.3) is 0 Å². The first-order valence-corrected chi connectivity index (χ1v) is 12.6. The normalized spacial score (nSPS) is 12.1. The topological polar surface area (TPSA) is 92.3 Å². The van der Waals surface area contributed by atoms with Crippen molar-refractivity contribution in [1.29, 1.82) is 0 Å². The monoisotopic (exact) mass is 442 g/mol. The molecule has 0 aromatic heterocycles. The van der Waals surface area contributed by atoms with Gasteiger partial charge < -0.3 is 20.1 Å². The summed E-state index contributed by atoms with van der Waals surface area (Å²) in [7, 11) is -3.15. The summed E-state index contributed by atoms with van der Waals surface area (Å²) < 4.78 is 36.0. The number of nitrogens with zero attached hydrogens (tertiary/aromatic N) is 2. The second-order valence-corrected chi connectivity index (χ2v) is 8.68. The molecule has 0 spiro atoms. The molecule has 0 radical (unpaired) electrons. The molecule has 0 saturated carbocycles. The zero-order valence-electron chi connectivity index (χ0n) is 19.0. The minimum Gasteiger partial charge on any atom is -0.490 e. The number of rotatable bonds is 14. The largest absolute Gasteiger partial charge is 0.490 e. The Morgan fingerprint density at radius 1 is 1.07 bits per heavy atom. The first kappa shape index (κ1) is 26.0. The van der Waals surface area contributed by atoms with E-state index in [-0.39, 0.29) is 0 Å². The highest BCUT2D eigenvalue weighted by atomic mass is 32.2. The minimum atomic E-state index is -3.15. The van der Waals surface area contributed by atoms with Gasteiger partial charge in [-0.3, -0.25) is 4.99 Å². The van der Waals surface area contributed by atoms with Crippen LogP contribution in [0.4, 0.5) is 0 Å². The number of aliphatic imine (C=N–C) groups is 1. The summed E-state index contributed by atoms with van der Waals surface area (Å²) in [5.41, 5.74) is 1.15. The van der Waals surface area contributed by atoms with E-state index in [0.29, 0.717) is 39.3 Å². The molecule has 0 bridgehead atoms. The minimum absolute atomic E-state index is 0.477. The van der Waals surface area contributed by atoms with Crippen molar-refractivity contribution in [3.8, 4) is 11.5 Å². The highest BCUT2D eigenvalue weighted by Crippen LogP contribution is 2.28. The van der Waals surface area contributed by atoms with Gasteiger partial charge in [0.05, 0.1) is 19.5 Å². The van der Waals surface area contributed by atoms with E-state index in [4.69, 9.17) is 9.47 Å². The molecule has 9 heteroatoms. The lowest BCUT2D eigenvalue weighted by molar-refractivity contribution is 0.287. The predicted octanol–water partition coefficient (Wildman–Crippen LogP) is 2.25. The van der Waals surface area contributed by atoms with Crippen LogP contribution in [0, 0.1) is 0 Å². The zero-order valence-corrected chi connectivity index (χ0v) is 19.8. The molecule has 8 nitrogen and oxygen atoms in total. The molecule has 0 unspecified atom stereocenters. The van der Waals surface area contributed by atoms with Gasteiger partial charge in [0.2, 0.25) is 10.0 Å². The van der Waals surface area contributed by atoms with E-state index >= 15 is 0 Å². The van der Waals surface area contributed by atoms with Crippen LogP contribution in [0.2, 0.25) is 0 Å². The number of hydrogen-bond donors (Lipinski definition) is 2. The molecular formula is C21H38N4O4S. The molecular weight excluding hydrogens is 404 g/mol. The molecule has 0 atom stereocenters. The Morgan fingerprint density at radius 2 is 1.77 bits per heavy atom. The van der Waals surface area contributed by atoms with Crippen molar-refractivity contribution in [2.45, 2.75) is 40.5 Å². The summed E-state index contributed by atoms with van der Waals surface area (Å²) in [6, 6.07) is 6.01. The van der Waals surface area contributed by atoms with Crippen LogP contribution in [0.5, 0.6) is 11.5 Å². The lowest BCUT2D eigenvalue weighted by Crippen LogP contribution is -2.38. The quantitative estimate of drug-likeness (QED) is 0.261. The van der Waals surface area contributed by atoms with Crippen molar-refractivity contribution < 1.29 is 17.9 Å². The zero-order chi connectivity index (χ0) is 22.4. The SMILES string of the molecule is CCNC(=NCCCN(CC)S(C)(=O)=O)NCCc1ccc(OCC)c(OCC)c1. The second kappa shape index (κ2) is 14.1. The highest BCUT2D eigenvalue weighted by molar-refractivity contribution is 7.88. The van der Waals surface area contributed by atoms with Gasteiger partial charge in [0.1, 0.15) is 0 Å². The molecule has 0 amide bonds. The van der Waals surface area contributed by atoms with Gasteiger partial charge in [-0.1, -0.05) is 13.0 Å². The Morgan fingerprint density at radius 3 is 2.37 bits per heavy atom. The Labute approximate surface area is 182 Å². The first-order chi connectivity index (χ1) is 14.3. The first-order valence-electron chi connectivity index (χ1n) is 10.7. The summed E-state index contributed by atoms with van der Waals surface area (Å²) in [6.45, 7) is 11.9. The van der Waals surface area contributed by atoms with Crippen molar-refractivity contribution in [3.05, 3.63) is 23.8 Å². The molecule has 1 aromatic carbocycles. The van der Waals surface area contributed by atoms with Crippen LogP contribution in [-0.2, 0) is 16.4 Å². The number of nitrogens with one attached hydrogen (secondary N) is 2. The van der Waals surface area contributed by atoms with E-state index in [1.165, 1.54) is 10.6 Å². The fraction of sp³-hybridized carbons (Fsp3) is 0.667. The van der Waals surface area contributed by atoms with E-state index in [2.05, 4.69) is 15.6 Å². The summed E-state index contributed by atoms with van der Waals surface area (Å²) in [4.78, 5) is 4.55. The molecule has 0 fully saturated rings. The standard InChI is InChI=1S/C21H38N4O4S/c1-6-22-21(23-14-10-16-25(7-2)30(5,26)27)24-15-13-18-11-12-19(28-8-3)20(17-18)29-9-4/h11-12,17H,6-10,13-16H2,1-5H3,(H2,22,23,24). The van der Waals surface area contributed by atoms with Crippen LogP contribution in [-0.4, -0.2) is 70.9 Å². The van der Waals surface area contributed by atoms with E-state index < -0.39 is 10.0 Å². The molecule has 1 aromatic rings. The van der Waals surface area contributed by atoms with Crippen molar-refractivity contribution in [1.82, 2.24) is 14.9 Å². The van der Waals surface area contributed by atoms with Crippen LogP contribution in [0.1, 0.15) is 39.7 Å². The number of hydrogen-bond acceptors (Lipinski definition) is 5. The molecule has 0 aliphatic rings. The van der Waals surface area contributed by atoms with E-state index in [1.807, 2.05) is 45.9 Å². The third-order valence-corrected chi connectivity index (χ3v) is 5.69. The molecule has 172 valence electrons. The maximum Gasteiger partial charge on any atom is 0.211 e. The van der Waals surface area contributed by atoms with Crippen LogP contribution in [0.3, 0.4) is 0 Å². The van der Waals surface area contributed by atoms with Gasteiger partial charge in [-0.15, -0.1) is 0 Å². The van der Waals surface area contributed by atoms with Gasteiger partial charge in [-0.2, -0.15) is 0 Å². The number of ether oxygens (including phenoxy) is 2. The van der Waals surface area contributed by atoms with E-state index in [9.17, 15) is 8.42 Å². The molecule has 30 heavy (non-hydrogen) atoms. The average molecular weight is 443 g/mol. The maximum atomic E-state index is 11.6. The van der Waals surface area contributed by atoms with Gasteiger partial charge in [0, 0.05) is 32.7 Å². The van der Waals surface area contributed by atoms with Crippen LogP contribution >= 0.6 is 0 Å². The Hall–Kier alpha value is -2.00. The Bertz CT molecular complexity index is 753. The highest BCUT2D eigenvalue weighted by Gasteiger charge is 2.13. The molecule has 0 saturated heterocycles. The fourth-order valence-electron chi connectivity index (χ4n) is 2.91. The molecule has 0 aliphatic heterocycles. The predicted molar refractivity (Wildman–Crippen MR) is 123 cm³/mol. The second-order valence-electron chi connectivity index (χ2n) is 6.69. The summed E-state index contributed by atoms with van der Waals surface area (Å²) in [5.74, 6) is 2.26. The Kier molecular flexibility index (Phi) is 12.2. The van der Waals surface area contributed by atoms with Crippen molar-refractivity contribution in [3.63, 3.8) is 0 Å². The van der Waals surface area contributed by atoms with Crippen molar-refractivity contribution in [2.24, 2.45) is 4.99 Å². The smallest absolute Gasteiger partial charge is 0.211 e. The maximum absolute atomic E-state index is 11.6. The summed E-state index contributed by atoms with van der Waals surface area (Å²) >= 11 is 0. The van der Waals surface area contributed by atoms with Gasteiger partial charge >= 0.3 is 0 Å². The molecule has 0 aliphatic carbocycles. The number of guanidine groups is 1. The fourth-order valence-corrected chi connectivity index (χ4v) is 3.84. The third-order valence-electron chi connectivity index (χ3n) is 4.32. The van der Waals surface area contributed by atoms with Gasteiger partial charge in [-0.05, 0) is 51.3 Å². The van der Waals surface area contributed by atoms with Gasteiger partial charge in [-0.25, -0.2) is 12.7 Å². The lowest BCUT2D eigenvalue weighted by atomic mass is 10.1. The van der Waals surface area contributed by atoms with E-state index in [1.54, 1.807) is 0 Å². The molecule has 1 rings (SSSR count).